The normalized spacial score (nSPS) is 16.2. The summed E-state index contributed by atoms with van der Waals surface area (Å²) in [7, 11) is 0. The van der Waals surface area contributed by atoms with Crippen LogP contribution in [-0.4, -0.2) is 40.7 Å². The minimum absolute atomic E-state index is 0.0754. The SMILES string of the molecule is Cc1[nH]c2nc(Cl)nc(NCc3ccco3)c2c1Br.O[C@@H]1C=C[C@H](n2ccc3c(NCc4ccco4)nc(Cl)nc32)C1. The summed E-state index contributed by atoms with van der Waals surface area (Å²) in [6.07, 6.45) is 9.22. The Kier molecular flexibility index (Phi) is 8.20. The molecule has 0 fully saturated rings. The first kappa shape index (κ1) is 28.3. The van der Waals surface area contributed by atoms with Crippen LogP contribution in [0.5, 0.6) is 0 Å². The van der Waals surface area contributed by atoms with Gasteiger partial charge in [-0.15, -0.1) is 0 Å². The van der Waals surface area contributed by atoms with Crippen LogP contribution in [0.3, 0.4) is 0 Å². The van der Waals surface area contributed by atoms with Gasteiger partial charge in [-0.2, -0.15) is 15.0 Å². The number of nitrogens with one attached hydrogen (secondary N) is 3. The molecule has 6 aromatic rings. The topological polar surface area (TPSA) is 143 Å². The Morgan fingerprint density at radius 2 is 1.64 bits per heavy atom. The summed E-state index contributed by atoms with van der Waals surface area (Å²) in [6, 6.07) is 9.50. The second-order valence-corrected chi connectivity index (χ2v) is 11.0. The zero-order chi connectivity index (χ0) is 29.2. The Morgan fingerprint density at radius 1 is 0.976 bits per heavy atom. The third-order valence-corrected chi connectivity index (χ3v) is 8.03. The number of rotatable bonds is 7. The van der Waals surface area contributed by atoms with E-state index in [1.54, 1.807) is 18.6 Å². The summed E-state index contributed by atoms with van der Waals surface area (Å²) < 4.78 is 13.5. The minimum Gasteiger partial charge on any atom is -0.467 e. The molecule has 2 atom stereocenters. The molecule has 0 saturated heterocycles. The van der Waals surface area contributed by atoms with Crippen LogP contribution in [0, 0.1) is 6.92 Å². The van der Waals surface area contributed by atoms with E-state index in [1.165, 1.54) is 0 Å². The van der Waals surface area contributed by atoms with Crippen LogP contribution < -0.4 is 10.6 Å². The molecular formula is C28H25BrCl2N8O3. The van der Waals surface area contributed by atoms with Crippen LogP contribution in [0.25, 0.3) is 22.1 Å². The predicted octanol–water partition coefficient (Wildman–Crippen LogP) is 7.04. The number of fused-ring (bicyclic) bond motifs is 2. The summed E-state index contributed by atoms with van der Waals surface area (Å²) in [5.41, 5.74) is 2.43. The number of furan rings is 2. The van der Waals surface area contributed by atoms with E-state index in [2.05, 4.69) is 51.5 Å². The Morgan fingerprint density at radius 3 is 2.29 bits per heavy atom. The van der Waals surface area contributed by atoms with Gasteiger partial charge in [0.2, 0.25) is 10.6 Å². The van der Waals surface area contributed by atoms with Crippen molar-refractivity contribution in [3.8, 4) is 0 Å². The number of H-pyrrole nitrogens is 1. The number of hydrogen-bond acceptors (Lipinski definition) is 9. The van der Waals surface area contributed by atoms with E-state index in [0.29, 0.717) is 36.8 Å². The molecule has 216 valence electrons. The second-order valence-electron chi connectivity index (χ2n) is 9.55. The smallest absolute Gasteiger partial charge is 0.226 e. The van der Waals surface area contributed by atoms with Gasteiger partial charge in [0.1, 0.15) is 34.5 Å². The van der Waals surface area contributed by atoms with E-state index >= 15 is 0 Å². The molecule has 1 aliphatic carbocycles. The maximum absolute atomic E-state index is 9.69. The molecule has 4 N–H and O–H groups in total. The average Bonchev–Trinajstić information content (AvgIpc) is 3.79. The number of aromatic amines is 1. The van der Waals surface area contributed by atoms with Gasteiger partial charge in [0.05, 0.1) is 53.0 Å². The molecule has 0 unspecified atom stereocenters. The van der Waals surface area contributed by atoms with Crippen LogP contribution in [0.4, 0.5) is 11.6 Å². The number of nitrogens with zero attached hydrogens (tertiary/aromatic N) is 5. The van der Waals surface area contributed by atoms with E-state index in [1.807, 2.05) is 54.1 Å². The Labute approximate surface area is 258 Å². The van der Waals surface area contributed by atoms with Gasteiger partial charge < -0.3 is 34.1 Å². The van der Waals surface area contributed by atoms with Crippen molar-refractivity contribution in [3.63, 3.8) is 0 Å². The van der Waals surface area contributed by atoms with Crippen molar-refractivity contribution in [3.05, 3.63) is 93.5 Å². The lowest BCUT2D eigenvalue weighted by Gasteiger charge is -2.13. The molecule has 1 aliphatic rings. The summed E-state index contributed by atoms with van der Waals surface area (Å²) in [5, 5.41) is 18.3. The van der Waals surface area contributed by atoms with Crippen LogP contribution in [0.1, 0.15) is 29.7 Å². The standard InChI is InChI=1S/C16H15ClN4O2.C12H10BrClN4O/c17-16-19-14(18-9-12-2-1-7-23-12)13-5-6-21(15(13)20-16)10-3-4-11(22)8-10;1-6-9(13)8-10(15-5-7-3-2-4-19-7)17-12(14)18-11(8)16-6/h1-7,10-11,22H,8-9H2,(H,18,19,20);2-4H,5H2,1H3,(H2,15,16,17,18)/t10-,11+;/m0./s1. The van der Waals surface area contributed by atoms with Gasteiger partial charge in [0.25, 0.3) is 0 Å². The summed E-state index contributed by atoms with van der Waals surface area (Å²) in [4.78, 5) is 20.2. The highest BCUT2D eigenvalue weighted by atomic mass is 79.9. The van der Waals surface area contributed by atoms with Crippen molar-refractivity contribution in [1.82, 2.24) is 29.5 Å². The number of hydrogen-bond donors (Lipinski definition) is 4. The van der Waals surface area contributed by atoms with Gasteiger partial charge in [0, 0.05) is 18.3 Å². The Balaban J connectivity index is 0.000000153. The number of aryl methyl sites for hydroxylation is 1. The molecular weight excluding hydrogens is 647 g/mol. The number of allylic oxidation sites excluding steroid dienone is 1. The van der Waals surface area contributed by atoms with Gasteiger partial charge >= 0.3 is 0 Å². The molecule has 0 aliphatic heterocycles. The maximum Gasteiger partial charge on any atom is 0.226 e. The molecule has 6 heterocycles. The molecule has 0 amide bonds. The van der Waals surface area contributed by atoms with Crippen LogP contribution in [0.2, 0.25) is 10.6 Å². The molecule has 0 radical (unpaired) electrons. The molecule has 0 spiro atoms. The fourth-order valence-electron chi connectivity index (χ4n) is 4.72. The van der Waals surface area contributed by atoms with Crippen molar-refractivity contribution in [2.45, 2.75) is 38.6 Å². The molecule has 14 heteroatoms. The highest BCUT2D eigenvalue weighted by Crippen LogP contribution is 2.33. The van der Waals surface area contributed by atoms with Gasteiger partial charge in [-0.05, 0) is 76.4 Å². The number of anilines is 2. The Hall–Kier alpha value is -3.84. The molecule has 0 saturated carbocycles. The Bertz CT molecular complexity index is 1850. The van der Waals surface area contributed by atoms with Crippen molar-refractivity contribution >= 4 is 72.8 Å². The fraction of sp³-hybridized carbons (Fsp3) is 0.214. The van der Waals surface area contributed by atoms with Crippen molar-refractivity contribution in [2.75, 3.05) is 10.6 Å². The summed E-state index contributed by atoms with van der Waals surface area (Å²) in [5.74, 6) is 2.97. The van der Waals surface area contributed by atoms with Crippen LogP contribution in [-0.2, 0) is 13.1 Å². The molecule has 42 heavy (non-hydrogen) atoms. The highest BCUT2D eigenvalue weighted by molar-refractivity contribution is 9.10. The minimum atomic E-state index is -0.411. The number of aliphatic hydroxyl groups is 1. The van der Waals surface area contributed by atoms with Gasteiger partial charge in [0.15, 0.2) is 0 Å². The van der Waals surface area contributed by atoms with E-state index in [0.717, 1.165) is 38.1 Å². The molecule has 6 aromatic heterocycles. The van der Waals surface area contributed by atoms with Crippen molar-refractivity contribution < 1.29 is 13.9 Å². The van der Waals surface area contributed by atoms with Gasteiger partial charge in [-0.3, -0.25) is 0 Å². The van der Waals surface area contributed by atoms with Crippen molar-refractivity contribution in [2.24, 2.45) is 0 Å². The lowest BCUT2D eigenvalue weighted by atomic mass is 10.2. The zero-order valence-corrected chi connectivity index (χ0v) is 25.3. The van der Waals surface area contributed by atoms with E-state index in [9.17, 15) is 5.11 Å². The first-order chi connectivity index (χ1) is 20.4. The molecule has 7 rings (SSSR count). The van der Waals surface area contributed by atoms with Crippen LogP contribution in [0.15, 0.2) is 74.5 Å². The van der Waals surface area contributed by atoms with Crippen LogP contribution >= 0.6 is 39.1 Å². The third-order valence-electron chi connectivity index (χ3n) is 6.70. The van der Waals surface area contributed by atoms with Gasteiger partial charge in [-0.1, -0.05) is 12.2 Å². The monoisotopic (exact) mass is 670 g/mol. The molecule has 0 aromatic carbocycles. The third kappa shape index (κ3) is 6.02. The lowest BCUT2D eigenvalue weighted by Crippen LogP contribution is -2.08. The zero-order valence-electron chi connectivity index (χ0n) is 22.2. The first-order valence-corrected chi connectivity index (χ1v) is 14.5. The fourth-order valence-corrected chi connectivity index (χ4v) is 5.53. The molecule has 0 bridgehead atoms. The number of aromatic nitrogens is 6. The number of aliphatic hydroxyl groups excluding tert-OH is 1. The average molecular weight is 672 g/mol. The summed E-state index contributed by atoms with van der Waals surface area (Å²) in [6.45, 7) is 3.00. The van der Waals surface area contributed by atoms with E-state index in [4.69, 9.17) is 32.0 Å². The molecule has 11 nitrogen and oxygen atoms in total. The second kappa shape index (κ2) is 12.2. The number of halogens is 3. The predicted molar refractivity (Wildman–Crippen MR) is 165 cm³/mol. The first-order valence-electron chi connectivity index (χ1n) is 13.0. The van der Waals surface area contributed by atoms with E-state index in [-0.39, 0.29) is 16.6 Å². The largest absolute Gasteiger partial charge is 0.467 e. The lowest BCUT2D eigenvalue weighted by molar-refractivity contribution is 0.211. The summed E-state index contributed by atoms with van der Waals surface area (Å²) >= 11 is 15.5. The van der Waals surface area contributed by atoms with Crippen molar-refractivity contribution in [1.29, 1.82) is 0 Å². The van der Waals surface area contributed by atoms with Gasteiger partial charge in [-0.25, -0.2) is 4.98 Å². The van der Waals surface area contributed by atoms with E-state index < -0.39 is 6.10 Å². The quantitative estimate of drug-likeness (QED) is 0.104. The maximum atomic E-state index is 9.69. The highest BCUT2D eigenvalue weighted by Gasteiger charge is 2.21.